The second-order valence-electron chi connectivity index (χ2n) is 9.54. The maximum atomic E-state index is 14.0. The van der Waals surface area contributed by atoms with Crippen LogP contribution >= 0.6 is 11.6 Å². The van der Waals surface area contributed by atoms with Crippen LogP contribution in [0.1, 0.15) is 24.1 Å². The SMILES string of the molecule is Nc1ncnc2c1ncn2Cc1cc(-c2ccc(F)c(F)c2)ncc1N1CCCC(N)(c2cncc(Cl)n2)C1. The van der Waals surface area contributed by atoms with Crippen LogP contribution in [0.5, 0.6) is 0 Å². The van der Waals surface area contributed by atoms with E-state index in [-0.39, 0.29) is 11.0 Å². The van der Waals surface area contributed by atoms with Crippen molar-refractivity contribution in [2.45, 2.75) is 24.9 Å². The second kappa shape index (κ2) is 9.79. The first-order valence-electron chi connectivity index (χ1n) is 12.2. The average Bonchev–Trinajstić information content (AvgIpc) is 3.34. The minimum atomic E-state index is -0.945. The smallest absolute Gasteiger partial charge is 0.165 e. The molecule has 0 spiro atoms. The lowest BCUT2D eigenvalue weighted by Gasteiger charge is -2.41. The van der Waals surface area contributed by atoms with Gasteiger partial charge in [0, 0.05) is 18.7 Å². The van der Waals surface area contributed by atoms with E-state index in [1.165, 1.54) is 18.6 Å². The van der Waals surface area contributed by atoms with Gasteiger partial charge in [0.2, 0.25) is 0 Å². The molecule has 1 aliphatic rings. The van der Waals surface area contributed by atoms with Crippen molar-refractivity contribution in [1.82, 2.24) is 34.5 Å². The van der Waals surface area contributed by atoms with Crippen LogP contribution in [0.15, 0.2) is 55.5 Å². The molecule has 4 aromatic heterocycles. The lowest BCUT2D eigenvalue weighted by Crippen LogP contribution is -2.52. The minimum Gasteiger partial charge on any atom is -0.382 e. The van der Waals surface area contributed by atoms with Gasteiger partial charge in [-0.1, -0.05) is 11.6 Å². The number of hydrogen-bond donors (Lipinski definition) is 2. The molecule has 13 heteroatoms. The molecule has 5 heterocycles. The molecule has 10 nitrogen and oxygen atoms in total. The molecule has 6 rings (SSSR count). The number of pyridine rings is 1. The Labute approximate surface area is 226 Å². The molecule has 1 fully saturated rings. The van der Waals surface area contributed by atoms with Gasteiger partial charge in [0.1, 0.15) is 17.0 Å². The monoisotopic (exact) mass is 548 g/mol. The zero-order valence-electron chi connectivity index (χ0n) is 20.6. The Balaban J connectivity index is 1.42. The van der Waals surface area contributed by atoms with Gasteiger partial charge in [-0.2, -0.15) is 0 Å². The molecule has 198 valence electrons. The summed E-state index contributed by atoms with van der Waals surface area (Å²) in [5, 5.41) is 0.279. The van der Waals surface area contributed by atoms with Crippen molar-refractivity contribution in [2.24, 2.45) is 5.73 Å². The van der Waals surface area contributed by atoms with E-state index in [4.69, 9.17) is 23.1 Å². The van der Waals surface area contributed by atoms with Crippen LogP contribution < -0.4 is 16.4 Å². The molecule has 39 heavy (non-hydrogen) atoms. The Morgan fingerprint density at radius 2 is 1.90 bits per heavy atom. The van der Waals surface area contributed by atoms with E-state index in [0.29, 0.717) is 47.6 Å². The van der Waals surface area contributed by atoms with Gasteiger partial charge in [-0.3, -0.25) is 9.97 Å². The van der Waals surface area contributed by atoms with Gasteiger partial charge in [0.25, 0.3) is 0 Å². The molecule has 0 radical (unpaired) electrons. The lowest BCUT2D eigenvalue weighted by molar-refractivity contribution is 0.344. The Kier molecular flexibility index (Phi) is 6.28. The third-order valence-electron chi connectivity index (χ3n) is 6.93. The molecule has 0 amide bonds. The fourth-order valence-electron chi connectivity index (χ4n) is 4.99. The average molecular weight is 549 g/mol. The zero-order valence-corrected chi connectivity index (χ0v) is 21.4. The number of anilines is 2. The number of hydrogen-bond acceptors (Lipinski definition) is 9. The van der Waals surface area contributed by atoms with Crippen molar-refractivity contribution in [1.29, 1.82) is 0 Å². The summed E-state index contributed by atoms with van der Waals surface area (Å²) in [6.07, 6.45) is 9.37. The fourth-order valence-corrected chi connectivity index (χ4v) is 5.14. The van der Waals surface area contributed by atoms with E-state index in [1.807, 2.05) is 10.6 Å². The van der Waals surface area contributed by atoms with Crippen LogP contribution in [0.4, 0.5) is 20.3 Å². The molecule has 0 saturated carbocycles. The van der Waals surface area contributed by atoms with E-state index in [9.17, 15) is 8.78 Å². The summed E-state index contributed by atoms with van der Waals surface area (Å²) >= 11 is 6.11. The molecule has 1 atom stereocenters. The van der Waals surface area contributed by atoms with E-state index in [1.54, 1.807) is 18.7 Å². The molecule has 1 saturated heterocycles. The Bertz CT molecular complexity index is 1690. The molecule has 0 aliphatic carbocycles. The molecule has 1 unspecified atom stereocenters. The largest absolute Gasteiger partial charge is 0.382 e. The second-order valence-corrected chi connectivity index (χ2v) is 9.93. The number of fused-ring (bicyclic) bond motifs is 1. The van der Waals surface area contributed by atoms with Gasteiger partial charge < -0.3 is 20.9 Å². The number of nitrogens with two attached hydrogens (primary N) is 2. The first kappa shape index (κ1) is 25.0. The first-order valence-corrected chi connectivity index (χ1v) is 12.6. The standard InChI is InChI=1S/C26H23ClF2N10/c27-22-10-32-9-21(37-22)26(31)4-1-5-38(12-26)20-8-33-19(15-2-3-17(28)18(29)6-15)7-16(20)11-39-14-36-23-24(30)34-13-35-25(23)39/h2-3,6-10,13-14H,1,4-5,11-12,31H2,(H2,30,34,35). The summed E-state index contributed by atoms with van der Waals surface area (Å²) < 4.78 is 29.5. The fraction of sp³-hybridized carbons (Fsp3) is 0.231. The Morgan fingerprint density at radius 1 is 1.03 bits per heavy atom. The zero-order chi connectivity index (χ0) is 27.1. The summed E-state index contributed by atoms with van der Waals surface area (Å²) in [5.41, 5.74) is 16.4. The number of nitrogens with zero attached hydrogens (tertiary/aromatic N) is 8. The molecular formula is C26H23ClF2N10. The highest BCUT2D eigenvalue weighted by atomic mass is 35.5. The Hall–Kier alpha value is -4.29. The van der Waals surface area contributed by atoms with Crippen molar-refractivity contribution in [3.63, 3.8) is 0 Å². The molecule has 1 aliphatic heterocycles. The van der Waals surface area contributed by atoms with Crippen LogP contribution in [0.3, 0.4) is 0 Å². The maximum Gasteiger partial charge on any atom is 0.165 e. The van der Waals surface area contributed by atoms with E-state index in [2.05, 4.69) is 34.8 Å². The number of halogens is 3. The number of imidazole rings is 1. The van der Waals surface area contributed by atoms with Gasteiger partial charge in [0.05, 0.1) is 54.1 Å². The topological polar surface area (TPSA) is 138 Å². The minimum absolute atomic E-state index is 0.279. The van der Waals surface area contributed by atoms with Crippen LogP contribution in [0, 0.1) is 11.6 Å². The molecular weight excluding hydrogens is 526 g/mol. The van der Waals surface area contributed by atoms with Crippen LogP contribution in [0.25, 0.3) is 22.4 Å². The Morgan fingerprint density at radius 3 is 2.72 bits per heavy atom. The van der Waals surface area contributed by atoms with Gasteiger partial charge in [-0.15, -0.1) is 0 Å². The lowest BCUT2D eigenvalue weighted by atomic mass is 9.86. The van der Waals surface area contributed by atoms with Crippen molar-refractivity contribution in [2.75, 3.05) is 23.7 Å². The number of benzene rings is 1. The predicted octanol–water partition coefficient (Wildman–Crippen LogP) is 3.69. The highest BCUT2D eigenvalue weighted by molar-refractivity contribution is 6.29. The molecule has 1 aromatic carbocycles. The first-order chi connectivity index (χ1) is 18.8. The molecule has 5 aromatic rings. The number of aromatic nitrogens is 7. The van der Waals surface area contributed by atoms with Crippen molar-refractivity contribution in [3.05, 3.63) is 83.6 Å². The highest BCUT2D eigenvalue weighted by Crippen LogP contribution is 2.34. The van der Waals surface area contributed by atoms with Gasteiger partial charge in [-0.25, -0.2) is 28.7 Å². The summed E-state index contributed by atoms with van der Waals surface area (Å²) in [4.78, 5) is 28.1. The highest BCUT2D eigenvalue weighted by Gasteiger charge is 2.36. The number of rotatable bonds is 5. The summed E-state index contributed by atoms with van der Waals surface area (Å²) in [7, 11) is 0. The summed E-state index contributed by atoms with van der Waals surface area (Å²) in [6, 6.07) is 5.56. The maximum absolute atomic E-state index is 14.0. The van der Waals surface area contributed by atoms with Crippen molar-refractivity contribution in [3.8, 4) is 11.3 Å². The van der Waals surface area contributed by atoms with E-state index >= 15 is 0 Å². The van der Waals surface area contributed by atoms with Gasteiger partial charge >= 0.3 is 0 Å². The van der Waals surface area contributed by atoms with Crippen LogP contribution in [-0.2, 0) is 12.1 Å². The third kappa shape index (κ3) is 4.72. The number of piperidine rings is 1. The summed E-state index contributed by atoms with van der Waals surface area (Å²) in [6.45, 7) is 1.53. The van der Waals surface area contributed by atoms with E-state index < -0.39 is 17.2 Å². The normalized spacial score (nSPS) is 17.6. The van der Waals surface area contributed by atoms with Gasteiger partial charge in [-0.05, 0) is 42.7 Å². The number of nitrogen functional groups attached to an aromatic ring is 1. The quantitative estimate of drug-likeness (QED) is 0.336. The van der Waals surface area contributed by atoms with Gasteiger partial charge in [0.15, 0.2) is 23.1 Å². The van der Waals surface area contributed by atoms with Crippen LogP contribution in [0.2, 0.25) is 5.15 Å². The van der Waals surface area contributed by atoms with Crippen molar-refractivity contribution < 1.29 is 8.78 Å². The van der Waals surface area contributed by atoms with Crippen LogP contribution in [-0.4, -0.2) is 47.6 Å². The van der Waals surface area contributed by atoms with Crippen molar-refractivity contribution >= 4 is 34.3 Å². The third-order valence-corrected chi connectivity index (χ3v) is 7.11. The van der Waals surface area contributed by atoms with E-state index in [0.717, 1.165) is 36.3 Å². The molecule has 4 N–H and O–H groups in total. The molecule has 0 bridgehead atoms. The summed E-state index contributed by atoms with van der Waals surface area (Å²) in [5.74, 6) is -1.59. The predicted molar refractivity (Wildman–Crippen MR) is 143 cm³/mol.